The van der Waals surface area contributed by atoms with Crippen molar-refractivity contribution in [1.29, 1.82) is 0 Å². The van der Waals surface area contributed by atoms with Gasteiger partial charge in [-0.15, -0.1) is 0 Å². The lowest BCUT2D eigenvalue weighted by molar-refractivity contribution is 0.239. The van der Waals surface area contributed by atoms with Gasteiger partial charge in [-0.25, -0.2) is 9.97 Å². The first-order valence-corrected chi connectivity index (χ1v) is 7.95. The number of rotatable bonds is 3. The lowest BCUT2D eigenvalue weighted by Gasteiger charge is -2.28. The maximum absolute atomic E-state index is 9.95. The lowest BCUT2D eigenvalue weighted by atomic mass is 10.1. The fourth-order valence-electron chi connectivity index (χ4n) is 3.01. The first kappa shape index (κ1) is 15.5. The summed E-state index contributed by atoms with van der Waals surface area (Å²) in [6.45, 7) is 1.87. The van der Waals surface area contributed by atoms with Crippen molar-refractivity contribution in [3.8, 4) is 28.8 Å². The van der Waals surface area contributed by atoms with E-state index in [2.05, 4.69) is 14.9 Å². The van der Waals surface area contributed by atoms with E-state index in [1.54, 1.807) is 18.5 Å². The summed E-state index contributed by atoms with van der Waals surface area (Å²) >= 11 is 0. The zero-order valence-corrected chi connectivity index (χ0v) is 13.4. The molecule has 3 aromatic rings. The monoisotopic (exact) mass is 339 g/mol. The molecule has 1 aliphatic rings. The summed E-state index contributed by atoms with van der Waals surface area (Å²) in [5, 5.41) is 29.0. The summed E-state index contributed by atoms with van der Waals surface area (Å²) in [5.74, 6) is 0.624. The number of fused-ring (bicyclic) bond motifs is 1. The Morgan fingerprint density at radius 1 is 1.12 bits per heavy atom. The maximum atomic E-state index is 9.95. The summed E-state index contributed by atoms with van der Waals surface area (Å²) in [6.07, 6.45) is 4.16. The summed E-state index contributed by atoms with van der Waals surface area (Å²) in [5.41, 5.74) is 2.59. The number of aromatic nitrogens is 2. The molecule has 0 saturated heterocycles. The highest BCUT2D eigenvalue weighted by Crippen LogP contribution is 2.33. The molecule has 0 saturated carbocycles. The number of phenolic OH excluding ortho intramolecular Hbond substituents is 3. The highest BCUT2D eigenvalue weighted by atomic mass is 16.3. The largest absolute Gasteiger partial charge is 0.507 e. The molecule has 0 bridgehead atoms. The van der Waals surface area contributed by atoms with Crippen LogP contribution in [0.25, 0.3) is 11.6 Å². The Hall–Kier alpha value is -3.06. The van der Waals surface area contributed by atoms with Gasteiger partial charge in [0.1, 0.15) is 5.75 Å². The van der Waals surface area contributed by atoms with Crippen molar-refractivity contribution in [3.63, 3.8) is 0 Å². The number of aromatic hydroxyl groups is 3. The fourth-order valence-corrected chi connectivity index (χ4v) is 3.01. The van der Waals surface area contributed by atoms with Crippen LogP contribution in [0.3, 0.4) is 0 Å². The molecular formula is C18H17N3O4. The van der Waals surface area contributed by atoms with Crippen LogP contribution in [0.1, 0.15) is 16.8 Å². The van der Waals surface area contributed by atoms with Gasteiger partial charge in [0.05, 0.1) is 12.0 Å². The molecule has 7 nitrogen and oxygen atoms in total. The van der Waals surface area contributed by atoms with Gasteiger partial charge in [-0.2, -0.15) is 0 Å². The second-order valence-electron chi connectivity index (χ2n) is 6.07. The van der Waals surface area contributed by atoms with Crippen molar-refractivity contribution in [2.75, 3.05) is 6.54 Å². The van der Waals surface area contributed by atoms with E-state index in [0.717, 1.165) is 30.3 Å². The van der Waals surface area contributed by atoms with E-state index in [-0.39, 0.29) is 17.2 Å². The molecule has 0 radical (unpaired) electrons. The topological polar surface area (TPSA) is 103 Å². The molecule has 3 heterocycles. The number of hydrogen-bond acceptors (Lipinski definition) is 7. The maximum Gasteiger partial charge on any atom is 0.195 e. The van der Waals surface area contributed by atoms with Gasteiger partial charge >= 0.3 is 0 Å². The Bertz CT molecular complexity index is 909. The second-order valence-corrected chi connectivity index (χ2v) is 6.07. The van der Waals surface area contributed by atoms with Gasteiger partial charge in [0.2, 0.25) is 0 Å². The molecule has 25 heavy (non-hydrogen) atoms. The molecule has 1 aromatic carbocycles. The third-order valence-corrected chi connectivity index (χ3v) is 4.32. The van der Waals surface area contributed by atoms with Gasteiger partial charge in [-0.05, 0) is 18.2 Å². The van der Waals surface area contributed by atoms with Crippen LogP contribution in [0.15, 0.2) is 41.1 Å². The zero-order chi connectivity index (χ0) is 17.4. The molecule has 0 fully saturated rings. The van der Waals surface area contributed by atoms with Crippen LogP contribution in [0.4, 0.5) is 0 Å². The fraction of sp³-hybridized carbons (Fsp3) is 0.222. The van der Waals surface area contributed by atoms with Gasteiger partial charge in [-0.1, -0.05) is 0 Å². The van der Waals surface area contributed by atoms with Crippen LogP contribution in [-0.2, 0) is 19.5 Å². The minimum Gasteiger partial charge on any atom is -0.507 e. The molecule has 0 atom stereocenters. The molecule has 1 aliphatic heterocycles. The molecule has 4 rings (SSSR count). The van der Waals surface area contributed by atoms with Crippen LogP contribution < -0.4 is 0 Å². The molecule has 0 unspecified atom stereocenters. The van der Waals surface area contributed by atoms with Crippen LogP contribution in [0, 0.1) is 0 Å². The first-order valence-electron chi connectivity index (χ1n) is 7.95. The predicted molar refractivity (Wildman–Crippen MR) is 89.0 cm³/mol. The van der Waals surface area contributed by atoms with Crippen molar-refractivity contribution < 1.29 is 19.7 Å². The van der Waals surface area contributed by atoms with E-state index in [4.69, 9.17) is 4.42 Å². The van der Waals surface area contributed by atoms with Crippen molar-refractivity contribution in [1.82, 2.24) is 14.9 Å². The van der Waals surface area contributed by atoms with Crippen molar-refractivity contribution in [2.24, 2.45) is 0 Å². The Morgan fingerprint density at radius 3 is 2.76 bits per heavy atom. The molecule has 128 valence electrons. The summed E-state index contributed by atoms with van der Waals surface area (Å²) in [6, 6.07) is 6.17. The van der Waals surface area contributed by atoms with Gasteiger partial charge in [0, 0.05) is 49.4 Å². The van der Waals surface area contributed by atoms with Gasteiger partial charge in [0.15, 0.2) is 23.1 Å². The van der Waals surface area contributed by atoms with E-state index < -0.39 is 0 Å². The molecule has 0 aliphatic carbocycles. The van der Waals surface area contributed by atoms with E-state index in [1.807, 2.05) is 6.07 Å². The lowest BCUT2D eigenvalue weighted by Crippen LogP contribution is -2.31. The van der Waals surface area contributed by atoms with E-state index in [0.29, 0.717) is 30.2 Å². The molecule has 7 heteroatoms. The molecular weight excluding hydrogens is 322 g/mol. The SMILES string of the molecule is Oc1cc(O)c(CN2CCc3nc(-c4ccco4)ncc3C2)cc1O. The van der Waals surface area contributed by atoms with Crippen LogP contribution in [0.5, 0.6) is 17.2 Å². The quantitative estimate of drug-likeness (QED) is 0.497. The minimum absolute atomic E-state index is 0.0366. The van der Waals surface area contributed by atoms with Crippen LogP contribution in [0.2, 0.25) is 0 Å². The molecule has 3 N–H and O–H groups in total. The average molecular weight is 339 g/mol. The zero-order valence-electron chi connectivity index (χ0n) is 13.4. The standard InChI is InChI=1S/C18H17N3O4/c22-14-7-16(24)15(23)6-11(14)9-21-4-3-13-12(10-21)8-19-18(20-13)17-2-1-5-25-17/h1-2,5-8,22-24H,3-4,9-10H2. The Labute approximate surface area is 143 Å². The first-order chi connectivity index (χ1) is 12.1. The van der Waals surface area contributed by atoms with E-state index >= 15 is 0 Å². The molecule has 0 amide bonds. The third-order valence-electron chi connectivity index (χ3n) is 4.32. The van der Waals surface area contributed by atoms with Gasteiger partial charge < -0.3 is 19.7 Å². The summed E-state index contributed by atoms with van der Waals surface area (Å²) in [4.78, 5) is 11.1. The normalized spacial score (nSPS) is 14.4. The van der Waals surface area contributed by atoms with Gasteiger partial charge in [0.25, 0.3) is 0 Å². The number of phenols is 3. The minimum atomic E-state index is -0.330. The molecule has 2 aromatic heterocycles. The smallest absolute Gasteiger partial charge is 0.195 e. The number of furan rings is 1. The van der Waals surface area contributed by atoms with E-state index in [9.17, 15) is 15.3 Å². The number of benzene rings is 1. The highest BCUT2D eigenvalue weighted by molar-refractivity contribution is 5.49. The van der Waals surface area contributed by atoms with Gasteiger partial charge in [-0.3, -0.25) is 4.90 Å². The Morgan fingerprint density at radius 2 is 1.96 bits per heavy atom. The van der Waals surface area contributed by atoms with Crippen molar-refractivity contribution in [2.45, 2.75) is 19.5 Å². The highest BCUT2D eigenvalue weighted by Gasteiger charge is 2.21. The predicted octanol–water partition coefficient (Wildman–Crippen LogP) is 2.41. The van der Waals surface area contributed by atoms with E-state index in [1.165, 1.54) is 6.07 Å². The third kappa shape index (κ3) is 3.01. The molecule has 0 spiro atoms. The average Bonchev–Trinajstić information content (AvgIpc) is 3.14. The Balaban J connectivity index is 1.53. The summed E-state index contributed by atoms with van der Waals surface area (Å²) < 4.78 is 5.34. The second kappa shape index (κ2) is 6.10. The van der Waals surface area contributed by atoms with Crippen LogP contribution >= 0.6 is 0 Å². The number of nitrogens with zero attached hydrogens (tertiary/aromatic N) is 3. The van der Waals surface area contributed by atoms with Crippen molar-refractivity contribution in [3.05, 3.63) is 53.5 Å². The van der Waals surface area contributed by atoms with Crippen LogP contribution in [-0.4, -0.2) is 36.7 Å². The summed E-state index contributed by atoms with van der Waals surface area (Å²) in [7, 11) is 0. The number of hydrogen-bond donors (Lipinski definition) is 3. The van der Waals surface area contributed by atoms with Crippen molar-refractivity contribution >= 4 is 0 Å². The Kier molecular flexibility index (Phi) is 3.77.